The van der Waals surface area contributed by atoms with E-state index in [1.54, 1.807) is 18.3 Å². The summed E-state index contributed by atoms with van der Waals surface area (Å²) in [7, 11) is 0. The minimum absolute atomic E-state index is 0.141. The number of halogens is 1. The summed E-state index contributed by atoms with van der Waals surface area (Å²) in [5, 5.41) is 0.650. The van der Waals surface area contributed by atoms with Crippen LogP contribution in [0.5, 0.6) is 0 Å². The number of rotatable bonds is 8. The summed E-state index contributed by atoms with van der Waals surface area (Å²) in [6.45, 7) is 17.8. The molecule has 3 aromatic rings. The first kappa shape index (κ1) is 26.9. The zero-order valence-corrected chi connectivity index (χ0v) is 22.3. The fraction of sp³-hybridized carbons (Fsp3) is 0.345. The van der Waals surface area contributed by atoms with Crippen LogP contribution >= 0.6 is 0 Å². The van der Waals surface area contributed by atoms with E-state index in [-0.39, 0.29) is 17.4 Å². The first-order valence-electron chi connectivity index (χ1n) is 12.2. The van der Waals surface area contributed by atoms with Crippen molar-refractivity contribution in [2.24, 2.45) is 10.7 Å². The Morgan fingerprint density at radius 3 is 2.44 bits per heavy atom. The molecule has 190 valence electrons. The smallest absolute Gasteiger partial charge is 0.154 e. The van der Waals surface area contributed by atoms with Crippen molar-refractivity contribution in [1.29, 1.82) is 0 Å². The molecule has 0 fully saturated rings. The minimum atomic E-state index is -0.162. The fourth-order valence-electron chi connectivity index (χ4n) is 4.60. The molecule has 0 saturated heterocycles. The number of carbonyl (C=O) groups is 1. The molecule has 0 spiro atoms. The second-order valence-electron chi connectivity index (χ2n) is 9.97. The van der Waals surface area contributed by atoms with Gasteiger partial charge in [-0.05, 0) is 71.7 Å². The van der Waals surface area contributed by atoms with Crippen LogP contribution in [-0.4, -0.2) is 37.9 Å². The van der Waals surface area contributed by atoms with Gasteiger partial charge in [0, 0.05) is 46.6 Å². The van der Waals surface area contributed by atoms with Crippen molar-refractivity contribution >= 4 is 33.9 Å². The minimum Gasteiger partial charge on any atom is -0.397 e. The van der Waals surface area contributed by atoms with Crippen molar-refractivity contribution in [3.05, 3.63) is 66.6 Å². The number of allylic oxidation sites excluding steroid dienone is 1. The van der Waals surface area contributed by atoms with Crippen LogP contribution in [0.25, 0.3) is 33.4 Å². The van der Waals surface area contributed by atoms with Gasteiger partial charge < -0.3 is 10.6 Å². The van der Waals surface area contributed by atoms with Gasteiger partial charge in [0.15, 0.2) is 5.78 Å². The van der Waals surface area contributed by atoms with Crippen LogP contribution < -0.4 is 5.73 Å². The van der Waals surface area contributed by atoms with Gasteiger partial charge in [0.25, 0.3) is 0 Å². The Morgan fingerprint density at radius 2 is 1.92 bits per heavy atom. The summed E-state index contributed by atoms with van der Waals surface area (Å²) in [4.78, 5) is 24.2. The van der Waals surface area contributed by atoms with Gasteiger partial charge in [0.05, 0.1) is 22.6 Å². The van der Waals surface area contributed by atoms with Crippen LogP contribution in [0.15, 0.2) is 60.4 Å². The van der Waals surface area contributed by atoms with E-state index in [0.29, 0.717) is 38.3 Å². The molecule has 0 atom stereocenters. The predicted octanol–water partition coefficient (Wildman–Crippen LogP) is 6.61. The number of aliphatic imine (C=N–C) groups is 1. The van der Waals surface area contributed by atoms with E-state index in [1.165, 1.54) is 19.2 Å². The SMILES string of the molecule is C=C(N)c1ccc(-c2ccc3c(c2)c(/C(=C/C(C)=O)N=C(C)N(C(C)C)C(C)(C)CC)cn3F)cn1. The van der Waals surface area contributed by atoms with E-state index in [0.717, 1.165) is 23.4 Å². The fourth-order valence-corrected chi connectivity index (χ4v) is 4.60. The molecule has 2 aromatic heterocycles. The van der Waals surface area contributed by atoms with Crippen LogP contribution in [0.2, 0.25) is 0 Å². The second kappa shape index (κ2) is 10.5. The van der Waals surface area contributed by atoms with Crippen molar-refractivity contribution in [2.75, 3.05) is 0 Å². The Bertz CT molecular complexity index is 1350. The van der Waals surface area contributed by atoms with Crippen LogP contribution in [0.3, 0.4) is 0 Å². The van der Waals surface area contributed by atoms with Crippen molar-refractivity contribution < 1.29 is 9.28 Å². The lowest BCUT2D eigenvalue weighted by molar-refractivity contribution is -0.112. The third kappa shape index (κ3) is 5.56. The van der Waals surface area contributed by atoms with Crippen molar-refractivity contribution in [2.45, 2.75) is 66.5 Å². The molecule has 36 heavy (non-hydrogen) atoms. The van der Waals surface area contributed by atoms with Crippen LogP contribution in [-0.2, 0) is 4.79 Å². The lowest BCUT2D eigenvalue weighted by Gasteiger charge is -2.42. The summed E-state index contributed by atoms with van der Waals surface area (Å²) in [6, 6.07) is 9.33. The molecule has 1 aromatic carbocycles. The number of hydrogen-bond acceptors (Lipinski definition) is 4. The summed E-state index contributed by atoms with van der Waals surface area (Å²) in [5.41, 5.74) is 9.66. The zero-order chi connectivity index (χ0) is 26.8. The molecule has 0 unspecified atom stereocenters. The van der Waals surface area contributed by atoms with E-state index < -0.39 is 0 Å². The normalized spacial score (nSPS) is 12.9. The number of nitrogens with zero attached hydrogens (tertiary/aromatic N) is 4. The predicted molar refractivity (Wildman–Crippen MR) is 148 cm³/mol. The molecule has 0 bridgehead atoms. The molecule has 6 nitrogen and oxygen atoms in total. The van der Waals surface area contributed by atoms with Gasteiger partial charge in [-0.1, -0.05) is 30.1 Å². The van der Waals surface area contributed by atoms with Gasteiger partial charge in [-0.25, -0.2) is 4.99 Å². The van der Waals surface area contributed by atoms with Gasteiger partial charge in [0.2, 0.25) is 0 Å². The molecule has 0 aliphatic rings. The molecule has 7 heteroatoms. The van der Waals surface area contributed by atoms with Crippen LogP contribution in [0.1, 0.15) is 66.1 Å². The van der Waals surface area contributed by atoms with Crippen LogP contribution in [0.4, 0.5) is 4.48 Å². The Balaban J connectivity index is 2.18. The number of benzene rings is 1. The van der Waals surface area contributed by atoms with Crippen molar-refractivity contribution in [3.63, 3.8) is 0 Å². The lowest BCUT2D eigenvalue weighted by atomic mass is 9.97. The highest BCUT2D eigenvalue weighted by atomic mass is 19.2. The Labute approximate surface area is 213 Å². The van der Waals surface area contributed by atoms with E-state index in [4.69, 9.17) is 10.7 Å². The highest BCUT2D eigenvalue weighted by Gasteiger charge is 2.28. The van der Waals surface area contributed by atoms with Crippen molar-refractivity contribution in [3.8, 4) is 11.1 Å². The molecule has 0 saturated carbocycles. The lowest BCUT2D eigenvalue weighted by Crippen LogP contribution is -2.50. The molecule has 0 amide bonds. The molecule has 3 rings (SSSR count). The summed E-state index contributed by atoms with van der Waals surface area (Å²) < 4.78 is 15.0. The largest absolute Gasteiger partial charge is 0.397 e. The number of aromatic nitrogens is 2. The summed E-state index contributed by atoms with van der Waals surface area (Å²) in [5.74, 6) is 0.604. The Morgan fingerprint density at radius 1 is 1.25 bits per heavy atom. The Hall–Kier alpha value is -3.74. The maximum absolute atomic E-state index is 15.0. The van der Waals surface area contributed by atoms with Crippen molar-refractivity contribution in [1.82, 2.24) is 14.7 Å². The second-order valence-corrected chi connectivity index (χ2v) is 9.97. The number of amidine groups is 1. The van der Waals surface area contributed by atoms with Gasteiger partial charge in [0.1, 0.15) is 5.84 Å². The maximum Gasteiger partial charge on any atom is 0.154 e. The van der Waals surface area contributed by atoms with E-state index in [9.17, 15) is 9.28 Å². The molecule has 0 aliphatic carbocycles. The standard InChI is InChI=1S/C29H36FN5O/c1-9-29(7,8)35(18(2)3)21(6)33-27(14-19(4)36)25-17-34(30)28-13-11-22(15-24(25)28)23-10-12-26(20(5)31)32-16-23/h10-18H,5,9,31H2,1-4,6-8H3/b27-14-,33-21?. The van der Waals surface area contributed by atoms with Gasteiger partial charge in [-0.15, -0.1) is 0 Å². The first-order chi connectivity index (χ1) is 16.9. The first-order valence-corrected chi connectivity index (χ1v) is 12.2. The molecule has 2 N–H and O–H groups in total. The average molecular weight is 490 g/mol. The van der Waals surface area contributed by atoms with Gasteiger partial charge in [-0.3, -0.25) is 9.78 Å². The zero-order valence-electron chi connectivity index (χ0n) is 22.3. The van der Waals surface area contributed by atoms with Gasteiger partial charge >= 0.3 is 0 Å². The molecule has 0 radical (unpaired) electrons. The summed E-state index contributed by atoms with van der Waals surface area (Å²) >= 11 is 0. The molecular weight excluding hydrogens is 453 g/mol. The monoisotopic (exact) mass is 489 g/mol. The number of carbonyl (C=O) groups excluding carboxylic acids is 1. The maximum atomic E-state index is 15.0. The Kier molecular flexibility index (Phi) is 7.82. The third-order valence-electron chi connectivity index (χ3n) is 6.47. The average Bonchev–Trinajstić information content (AvgIpc) is 3.13. The number of fused-ring (bicyclic) bond motifs is 1. The quantitative estimate of drug-likeness (QED) is 0.219. The van der Waals surface area contributed by atoms with E-state index in [2.05, 4.69) is 51.1 Å². The highest BCUT2D eigenvalue weighted by Crippen LogP contribution is 2.33. The number of nitrogens with two attached hydrogens (primary N) is 1. The topological polar surface area (TPSA) is 76.5 Å². The third-order valence-corrected chi connectivity index (χ3v) is 6.47. The summed E-state index contributed by atoms with van der Waals surface area (Å²) in [6.07, 6.45) is 5.47. The van der Waals surface area contributed by atoms with E-state index >= 15 is 0 Å². The van der Waals surface area contributed by atoms with E-state index in [1.807, 2.05) is 25.1 Å². The van der Waals surface area contributed by atoms with Gasteiger partial charge in [-0.2, -0.15) is 4.79 Å². The highest BCUT2D eigenvalue weighted by molar-refractivity contribution is 6.03. The number of hydrogen-bond donors (Lipinski definition) is 1. The molecule has 0 aliphatic heterocycles. The molecule has 2 heterocycles. The number of ketones is 1. The van der Waals surface area contributed by atoms with Crippen LogP contribution in [0, 0.1) is 0 Å². The molecular formula is C29H36FN5O. The number of pyridine rings is 1.